The number of nitrogens with zero attached hydrogens (tertiary/aromatic N) is 3. The van der Waals surface area contributed by atoms with E-state index in [2.05, 4.69) is 18.9 Å². The first-order valence-corrected chi connectivity index (χ1v) is 9.41. The van der Waals surface area contributed by atoms with Gasteiger partial charge < -0.3 is 0 Å². The lowest BCUT2D eigenvalue weighted by molar-refractivity contribution is 0.458. The maximum absolute atomic E-state index is 12.7. The van der Waals surface area contributed by atoms with Crippen molar-refractivity contribution in [3.05, 3.63) is 47.8 Å². The number of sulfonamides is 1. The zero-order valence-electron chi connectivity index (χ0n) is 14.2. The molecule has 0 aliphatic rings. The lowest BCUT2D eigenvalue weighted by atomic mass is 9.99. The van der Waals surface area contributed by atoms with Crippen LogP contribution in [0.25, 0.3) is 0 Å². The maximum Gasteiger partial charge on any atom is 0.243 e. The highest BCUT2D eigenvalue weighted by atomic mass is 32.2. The molecule has 5 nitrogen and oxygen atoms in total. The van der Waals surface area contributed by atoms with Gasteiger partial charge in [-0.2, -0.15) is 9.40 Å². The summed E-state index contributed by atoms with van der Waals surface area (Å²) in [6.45, 7) is 7.30. The van der Waals surface area contributed by atoms with E-state index >= 15 is 0 Å². The number of aromatic nitrogens is 2. The smallest absolute Gasteiger partial charge is 0.243 e. The average molecular weight is 335 g/mol. The third-order valence-corrected chi connectivity index (χ3v) is 5.99. The summed E-state index contributed by atoms with van der Waals surface area (Å²) in [5.41, 5.74) is 1.91. The molecule has 0 radical (unpaired) electrons. The highest BCUT2D eigenvalue weighted by Crippen LogP contribution is 2.22. The molecule has 0 saturated carbocycles. The van der Waals surface area contributed by atoms with Gasteiger partial charge in [0.15, 0.2) is 0 Å². The second-order valence-electron chi connectivity index (χ2n) is 5.80. The summed E-state index contributed by atoms with van der Waals surface area (Å²) in [5.74, 6) is 0.433. The zero-order chi connectivity index (χ0) is 17.0. The fraction of sp³-hybridized carbons (Fsp3) is 0.471. The summed E-state index contributed by atoms with van der Waals surface area (Å²) >= 11 is 0. The van der Waals surface area contributed by atoms with Gasteiger partial charge in [-0.25, -0.2) is 8.42 Å². The molecule has 23 heavy (non-hydrogen) atoms. The second-order valence-corrected chi connectivity index (χ2v) is 7.85. The van der Waals surface area contributed by atoms with E-state index in [0.29, 0.717) is 10.8 Å². The summed E-state index contributed by atoms with van der Waals surface area (Å²) < 4.78 is 28.4. The number of rotatable bonds is 7. The van der Waals surface area contributed by atoms with Crippen LogP contribution in [0.15, 0.2) is 41.4 Å². The molecule has 1 atom stereocenters. The summed E-state index contributed by atoms with van der Waals surface area (Å²) in [4.78, 5) is 0.321. The van der Waals surface area contributed by atoms with Gasteiger partial charge in [-0.05, 0) is 43.0 Å². The van der Waals surface area contributed by atoms with Gasteiger partial charge in [-0.3, -0.25) is 4.68 Å². The summed E-state index contributed by atoms with van der Waals surface area (Å²) in [7, 11) is -1.91. The summed E-state index contributed by atoms with van der Waals surface area (Å²) in [5, 5.41) is 4.33. The largest absolute Gasteiger partial charge is 0.273 e. The Morgan fingerprint density at radius 1 is 1.17 bits per heavy atom. The second kappa shape index (κ2) is 7.27. The van der Waals surface area contributed by atoms with Gasteiger partial charge >= 0.3 is 0 Å². The van der Waals surface area contributed by atoms with Crippen molar-refractivity contribution in [3.63, 3.8) is 0 Å². The Morgan fingerprint density at radius 2 is 1.83 bits per heavy atom. The van der Waals surface area contributed by atoms with Gasteiger partial charge in [0.25, 0.3) is 0 Å². The van der Waals surface area contributed by atoms with E-state index in [1.165, 1.54) is 4.31 Å². The van der Waals surface area contributed by atoms with E-state index < -0.39 is 10.0 Å². The van der Waals surface area contributed by atoms with Gasteiger partial charge in [-0.1, -0.05) is 26.0 Å². The van der Waals surface area contributed by atoms with Crippen LogP contribution in [0.1, 0.15) is 44.4 Å². The lowest BCUT2D eigenvalue weighted by Gasteiger charge is -2.17. The Labute approximate surface area is 139 Å². The molecular formula is C17H25N3O2S. The van der Waals surface area contributed by atoms with E-state index in [0.717, 1.165) is 24.2 Å². The summed E-state index contributed by atoms with van der Waals surface area (Å²) in [6, 6.07) is 9.04. The van der Waals surface area contributed by atoms with Crippen molar-refractivity contribution in [3.8, 4) is 0 Å². The van der Waals surface area contributed by atoms with Crippen molar-refractivity contribution in [2.24, 2.45) is 0 Å². The summed E-state index contributed by atoms with van der Waals surface area (Å²) in [6.07, 6.45) is 2.89. The minimum Gasteiger partial charge on any atom is -0.273 e. The fourth-order valence-corrected chi connectivity index (χ4v) is 3.50. The molecule has 2 rings (SSSR count). The molecule has 0 saturated heterocycles. The van der Waals surface area contributed by atoms with E-state index in [9.17, 15) is 8.42 Å². The number of hydrogen-bond donors (Lipinski definition) is 0. The highest BCUT2D eigenvalue weighted by Gasteiger charge is 2.21. The van der Waals surface area contributed by atoms with Crippen LogP contribution in [-0.4, -0.2) is 29.6 Å². The standard InChI is InChI=1S/C17H25N3O2S/c1-5-14(3)15-7-9-17(10-8-15)23(21,22)19(4)13-16-11-12-20(6-2)18-16/h7-12,14H,5-6,13H2,1-4H3. The Morgan fingerprint density at radius 3 is 2.35 bits per heavy atom. The minimum atomic E-state index is -3.50. The molecule has 1 aromatic heterocycles. The monoisotopic (exact) mass is 335 g/mol. The molecule has 0 bridgehead atoms. The van der Waals surface area contributed by atoms with Crippen molar-refractivity contribution in [1.82, 2.24) is 14.1 Å². The van der Waals surface area contributed by atoms with Crippen molar-refractivity contribution in [1.29, 1.82) is 0 Å². The Balaban J connectivity index is 2.16. The first-order valence-electron chi connectivity index (χ1n) is 7.97. The van der Waals surface area contributed by atoms with Crippen molar-refractivity contribution < 1.29 is 8.42 Å². The van der Waals surface area contributed by atoms with Crippen LogP contribution in [0.5, 0.6) is 0 Å². The normalized spacial score (nSPS) is 13.4. The van der Waals surface area contributed by atoms with Crippen molar-refractivity contribution in [2.75, 3.05) is 7.05 Å². The van der Waals surface area contributed by atoms with Crippen LogP contribution >= 0.6 is 0 Å². The molecule has 0 aliphatic heterocycles. The highest BCUT2D eigenvalue weighted by molar-refractivity contribution is 7.89. The van der Waals surface area contributed by atoms with Gasteiger partial charge in [0.05, 0.1) is 17.1 Å². The number of benzene rings is 1. The maximum atomic E-state index is 12.7. The quantitative estimate of drug-likeness (QED) is 0.780. The topological polar surface area (TPSA) is 55.2 Å². The van der Waals surface area contributed by atoms with Gasteiger partial charge in [0, 0.05) is 19.8 Å². The molecule has 1 unspecified atom stereocenters. The van der Waals surface area contributed by atoms with E-state index in [-0.39, 0.29) is 6.54 Å². The van der Waals surface area contributed by atoms with E-state index in [4.69, 9.17) is 0 Å². The van der Waals surface area contributed by atoms with Crippen LogP contribution in [-0.2, 0) is 23.1 Å². The Bertz CT molecular complexity index is 735. The van der Waals surface area contributed by atoms with Gasteiger partial charge in [-0.15, -0.1) is 0 Å². The third-order valence-electron chi connectivity index (χ3n) is 4.17. The predicted octanol–water partition coefficient (Wildman–Crippen LogP) is 3.24. The molecule has 2 aromatic rings. The molecule has 0 amide bonds. The first-order chi connectivity index (χ1) is 10.9. The molecular weight excluding hydrogens is 310 g/mol. The predicted molar refractivity (Wildman–Crippen MR) is 91.7 cm³/mol. The van der Waals surface area contributed by atoms with E-state index in [1.54, 1.807) is 23.9 Å². The lowest BCUT2D eigenvalue weighted by Crippen LogP contribution is -2.26. The molecule has 0 aliphatic carbocycles. The van der Waals surface area contributed by atoms with Crippen LogP contribution in [0, 0.1) is 0 Å². The third kappa shape index (κ3) is 4.00. The van der Waals surface area contributed by atoms with Gasteiger partial charge in [0.1, 0.15) is 0 Å². The van der Waals surface area contributed by atoms with Crippen LogP contribution in [0.4, 0.5) is 0 Å². The van der Waals surface area contributed by atoms with Crippen LogP contribution < -0.4 is 0 Å². The molecule has 6 heteroatoms. The average Bonchev–Trinajstić information content (AvgIpc) is 3.01. The van der Waals surface area contributed by atoms with Crippen molar-refractivity contribution >= 4 is 10.0 Å². The molecule has 0 N–H and O–H groups in total. The Hall–Kier alpha value is -1.66. The SMILES string of the molecule is CCC(C)c1ccc(S(=O)(=O)N(C)Cc2ccn(CC)n2)cc1. The van der Waals surface area contributed by atoms with Crippen LogP contribution in [0.2, 0.25) is 0 Å². The molecule has 1 heterocycles. The van der Waals surface area contributed by atoms with E-state index in [1.807, 2.05) is 31.3 Å². The molecule has 0 fully saturated rings. The zero-order valence-corrected chi connectivity index (χ0v) is 15.0. The Kier molecular flexibility index (Phi) is 5.59. The molecule has 126 valence electrons. The van der Waals surface area contributed by atoms with Crippen molar-refractivity contribution in [2.45, 2.75) is 51.1 Å². The number of aryl methyl sites for hydroxylation is 1. The molecule has 1 aromatic carbocycles. The van der Waals surface area contributed by atoms with Crippen LogP contribution in [0.3, 0.4) is 0 Å². The molecule has 0 spiro atoms. The minimum absolute atomic E-state index is 0.266. The number of hydrogen-bond acceptors (Lipinski definition) is 3. The first kappa shape index (κ1) is 17.7. The van der Waals surface area contributed by atoms with Gasteiger partial charge in [0.2, 0.25) is 10.0 Å². The fourth-order valence-electron chi connectivity index (χ4n) is 2.36.